The van der Waals surface area contributed by atoms with Crippen molar-refractivity contribution in [1.29, 1.82) is 0 Å². The van der Waals surface area contributed by atoms with Crippen molar-refractivity contribution >= 4 is 23.2 Å². The van der Waals surface area contributed by atoms with Crippen LogP contribution in [0.5, 0.6) is 5.75 Å². The molecule has 4 rings (SSSR count). The second-order valence-corrected chi connectivity index (χ2v) is 7.93. The molecule has 4 heteroatoms. The van der Waals surface area contributed by atoms with Gasteiger partial charge in [-0.25, -0.2) is 0 Å². The molecule has 0 aliphatic carbocycles. The van der Waals surface area contributed by atoms with E-state index < -0.39 is 0 Å². The molecule has 28 heavy (non-hydrogen) atoms. The van der Waals surface area contributed by atoms with Crippen molar-refractivity contribution in [3.63, 3.8) is 0 Å². The molecule has 2 aliphatic heterocycles. The van der Waals surface area contributed by atoms with Gasteiger partial charge in [0.25, 0.3) is 0 Å². The van der Waals surface area contributed by atoms with Crippen LogP contribution in [0.15, 0.2) is 48.5 Å². The van der Waals surface area contributed by atoms with E-state index in [2.05, 4.69) is 99.1 Å². The van der Waals surface area contributed by atoms with Gasteiger partial charge in [-0.3, -0.25) is 4.90 Å². The minimum atomic E-state index is -0.0322. The lowest BCUT2D eigenvalue weighted by atomic mass is 9.81. The first-order valence-corrected chi connectivity index (χ1v) is 9.59. The van der Waals surface area contributed by atoms with Gasteiger partial charge in [-0.15, -0.1) is 0 Å². The zero-order valence-electron chi connectivity index (χ0n) is 16.9. The second kappa shape index (κ2) is 6.76. The molecule has 0 fully saturated rings. The molecule has 0 saturated carbocycles. The van der Waals surface area contributed by atoms with Crippen molar-refractivity contribution in [1.82, 2.24) is 0 Å². The number of para-hydroxylation sites is 1. The Morgan fingerprint density at radius 3 is 2.75 bits per heavy atom. The topological polar surface area (TPSA) is 41.5 Å². The molecule has 0 saturated heterocycles. The van der Waals surface area contributed by atoms with Crippen LogP contribution in [0.4, 0.5) is 11.4 Å². The van der Waals surface area contributed by atoms with Gasteiger partial charge in [0.1, 0.15) is 19.4 Å². The molecule has 2 aromatic rings. The van der Waals surface area contributed by atoms with Gasteiger partial charge < -0.3 is 10.5 Å². The largest absolute Gasteiger partial charge is 0.489 e. The maximum absolute atomic E-state index is 5.94. The van der Waals surface area contributed by atoms with Gasteiger partial charge in [-0.05, 0) is 44.5 Å². The number of rotatable bonds is 2. The van der Waals surface area contributed by atoms with Gasteiger partial charge in [-0.1, -0.05) is 24.3 Å². The van der Waals surface area contributed by atoms with E-state index in [1.807, 2.05) is 4.90 Å². The summed E-state index contributed by atoms with van der Waals surface area (Å²) in [5.41, 5.74) is 11.4. The zero-order chi connectivity index (χ0) is 19.9. The van der Waals surface area contributed by atoms with Crippen molar-refractivity contribution in [2.45, 2.75) is 32.2 Å². The average molecular weight is 372 g/mol. The minimum Gasteiger partial charge on any atom is -0.489 e. The number of ether oxygens (including phenoxy) is 1. The highest BCUT2D eigenvalue weighted by atomic mass is 16.5. The first-order chi connectivity index (χ1) is 13.4. The summed E-state index contributed by atoms with van der Waals surface area (Å²) in [6.07, 6.45) is 4.37. The molecule has 0 spiro atoms. The molecular formula is C24H26N3O+. The molecule has 4 nitrogen and oxygen atoms in total. The standard InChI is InChI=1S/C24H26N3O/c1-17-16-28-22-15-18(9-11-21(22)27(17)14-13-25)10-12-23-24(2,3)19-7-5-6-8-20(19)26(23)4/h5-12,15,17H,16,25H2,1-4H3/q+1. The molecule has 0 radical (unpaired) electrons. The van der Waals surface area contributed by atoms with Crippen LogP contribution in [-0.4, -0.2) is 30.0 Å². The van der Waals surface area contributed by atoms with Crippen molar-refractivity contribution < 1.29 is 9.31 Å². The third-order valence-electron chi connectivity index (χ3n) is 5.72. The highest BCUT2D eigenvalue weighted by Gasteiger charge is 2.42. The van der Waals surface area contributed by atoms with Crippen molar-refractivity contribution in [3.05, 3.63) is 59.7 Å². The molecule has 142 valence electrons. The first kappa shape index (κ1) is 18.2. The Morgan fingerprint density at radius 2 is 2.00 bits per heavy atom. The number of allylic oxidation sites excluding steroid dienone is 1. The summed E-state index contributed by atoms with van der Waals surface area (Å²) < 4.78 is 8.21. The third kappa shape index (κ3) is 2.84. The molecule has 2 aliphatic rings. The lowest BCUT2D eigenvalue weighted by molar-refractivity contribution is -0.401. The van der Waals surface area contributed by atoms with Gasteiger partial charge in [0.05, 0.1) is 17.1 Å². The van der Waals surface area contributed by atoms with E-state index in [0.29, 0.717) is 6.61 Å². The molecular weight excluding hydrogens is 346 g/mol. The summed E-state index contributed by atoms with van der Waals surface area (Å²) in [5, 5.41) is 0. The lowest BCUT2D eigenvalue weighted by Crippen LogP contribution is -2.37. The average Bonchev–Trinajstić information content (AvgIpc) is 2.88. The van der Waals surface area contributed by atoms with E-state index in [0.717, 1.165) is 17.0 Å². The van der Waals surface area contributed by atoms with Crippen LogP contribution >= 0.6 is 0 Å². The summed E-state index contributed by atoms with van der Waals surface area (Å²) in [6, 6.07) is 20.5. The van der Waals surface area contributed by atoms with E-state index in [-0.39, 0.29) is 11.5 Å². The minimum absolute atomic E-state index is 0.0322. The smallest absolute Gasteiger partial charge is 0.209 e. The molecule has 0 amide bonds. The normalized spacial score (nSPS) is 19.7. The Labute approximate surface area is 166 Å². The summed E-state index contributed by atoms with van der Waals surface area (Å²) in [6.45, 7) is 7.22. The van der Waals surface area contributed by atoms with Crippen molar-refractivity contribution in [2.75, 3.05) is 18.6 Å². The zero-order valence-corrected chi connectivity index (χ0v) is 16.9. The van der Waals surface area contributed by atoms with E-state index in [1.54, 1.807) is 0 Å². The quantitative estimate of drug-likeness (QED) is 0.494. The van der Waals surface area contributed by atoms with E-state index >= 15 is 0 Å². The Bertz CT molecular complexity index is 1050. The Kier molecular flexibility index (Phi) is 4.39. The first-order valence-electron chi connectivity index (χ1n) is 9.59. The van der Waals surface area contributed by atoms with Crippen LogP contribution in [0.2, 0.25) is 0 Å². The van der Waals surface area contributed by atoms with Crippen molar-refractivity contribution in [2.24, 2.45) is 5.73 Å². The van der Waals surface area contributed by atoms with E-state index in [9.17, 15) is 0 Å². The van der Waals surface area contributed by atoms with Crippen LogP contribution < -0.4 is 15.4 Å². The van der Waals surface area contributed by atoms with Crippen LogP contribution in [0.3, 0.4) is 0 Å². The number of hydrogen-bond donors (Lipinski definition) is 1. The van der Waals surface area contributed by atoms with Crippen LogP contribution in [0.25, 0.3) is 6.08 Å². The molecule has 0 aromatic heterocycles. The van der Waals surface area contributed by atoms with Crippen LogP contribution in [0, 0.1) is 12.1 Å². The van der Waals surface area contributed by atoms with Gasteiger partial charge >= 0.3 is 0 Å². The second-order valence-electron chi connectivity index (χ2n) is 7.93. The van der Waals surface area contributed by atoms with Crippen molar-refractivity contribution in [3.8, 4) is 17.8 Å². The highest BCUT2D eigenvalue weighted by molar-refractivity contribution is 6.05. The monoisotopic (exact) mass is 372 g/mol. The lowest BCUT2D eigenvalue weighted by Gasteiger charge is -2.32. The van der Waals surface area contributed by atoms with Gasteiger partial charge in [0, 0.05) is 29.8 Å². The summed E-state index contributed by atoms with van der Waals surface area (Å²) >= 11 is 0. The summed E-state index contributed by atoms with van der Waals surface area (Å²) in [5.74, 6) is 0.843. The Balaban J connectivity index is 1.67. The van der Waals surface area contributed by atoms with Crippen LogP contribution in [-0.2, 0) is 5.41 Å². The molecule has 2 aromatic carbocycles. The number of hydrogen-bond acceptors (Lipinski definition) is 3. The fourth-order valence-electron chi connectivity index (χ4n) is 4.19. The Morgan fingerprint density at radius 1 is 1.21 bits per heavy atom. The van der Waals surface area contributed by atoms with Gasteiger partial charge in [0.15, 0.2) is 5.71 Å². The molecule has 1 atom stereocenters. The fourth-order valence-corrected chi connectivity index (χ4v) is 4.19. The number of nitrogens with two attached hydrogens (primary N) is 1. The third-order valence-corrected chi connectivity index (χ3v) is 5.72. The number of fused-ring (bicyclic) bond motifs is 2. The number of anilines is 1. The van der Waals surface area contributed by atoms with Crippen LogP contribution in [0.1, 0.15) is 31.9 Å². The Hall–Kier alpha value is -3.19. The predicted molar refractivity (Wildman–Crippen MR) is 115 cm³/mol. The molecule has 2 heterocycles. The SMILES string of the molecule is CC1COc2cc(C=CC3=[N+](C)c4ccccc4C3(C)C)ccc2N1C#CN. The molecule has 1 unspecified atom stereocenters. The van der Waals surface area contributed by atoms with Gasteiger partial charge in [0.2, 0.25) is 5.69 Å². The highest BCUT2D eigenvalue weighted by Crippen LogP contribution is 2.39. The predicted octanol–water partition coefficient (Wildman–Crippen LogP) is 3.87. The molecule has 2 N–H and O–H groups in total. The number of benzene rings is 2. The maximum Gasteiger partial charge on any atom is 0.209 e. The molecule has 0 bridgehead atoms. The fraction of sp³-hybridized carbons (Fsp3) is 0.292. The van der Waals surface area contributed by atoms with E-state index in [1.165, 1.54) is 17.0 Å². The number of nitrogens with zero attached hydrogens (tertiary/aromatic N) is 2. The van der Waals surface area contributed by atoms with E-state index in [4.69, 9.17) is 10.5 Å². The summed E-state index contributed by atoms with van der Waals surface area (Å²) in [4.78, 5) is 1.98. The van der Waals surface area contributed by atoms with Gasteiger partial charge in [-0.2, -0.15) is 4.58 Å². The maximum atomic E-state index is 5.94. The summed E-state index contributed by atoms with van der Waals surface area (Å²) in [7, 11) is 2.13.